The normalized spacial score (nSPS) is 20.6. The molecule has 0 radical (unpaired) electrons. The van der Waals surface area contributed by atoms with Crippen molar-refractivity contribution in [3.8, 4) is 0 Å². The zero-order valence-corrected chi connectivity index (χ0v) is 16.1. The third-order valence-electron chi connectivity index (χ3n) is 5.45. The number of sulfonamides is 1. The van der Waals surface area contributed by atoms with Gasteiger partial charge in [-0.1, -0.05) is 25.7 Å². The Hall–Kier alpha value is -1.27. The van der Waals surface area contributed by atoms with Crippen LogP contribution in [0.25, 0.3) is 0 Å². The van der Waals surface area contributed by atoms with Gasteiger partial charge < -0.3 is 9.80 Å². The maximum Gasteiger partial charge on any atom is 0.229 e. The Morgan fingerprint density at radius 1 is 1.00 bits per heavy atom. The second-order valence-corrected chi connectivity index (χ2v) is 9.29. The molecule has 0 bridgehead atoms. The Balaban J connectivity index is 1.50. The van der Waals surface area contributed by atoms with E-state index in [0.717, 1.165) is 25.6 Å². The predicted octanol–water partition coefficient (Wildman–Crippen LogP) is 3.15. The van der Waals surface area contributed by atoms with E-state index in [9.17, 15) is 8.42 Å². The van der Waals surface area contributed by atoms with E-state index in [1.54, 1.807) is 0 Å². The Morgan fingerprint density at radius 2 is 1.72 bits per heavy atom. The monoisotopic (exact) mass is 365 g/mol. The van der Waals surface area contributed by atoms with Gasteiger partial charge in [0.1, 0.15) is 0 Å². The number of hydrogen-bond acceptors (Lipinski definition) is 4. The minimum Gasteiger partial charge on any atom is -0.370 e. The van der Waals surface area contributed by atoms with Crippen LogP contribution in [0.1, 0.15) is 38.5 Å². The minimum atomic E-state index is -3.21. The van der Waals surface area contributed by atoms with Crippen LogP contribution in [0, 0.1) is 5.92 Å². The van der Waals surface area contributed by atoms with Gasteiger partial charge >= 0.3 is 0 Å². The Morgan fingerprint density at radius 3 is 2.40 bits per heavy atom. The van der Waals surface area contributed by atoms with Crippen molar-refractivity contribution in [1.82, 2.24) is 4.90 Å². The highest BCUT2D eigenvalue weighted by Crippen LogP contribution is 2.28. The highest BCUT2D eigenvalue weighted by Gasteiger charge is 2.19. The van der Waals surface area contributed by atoms with Gasteiger partial charge in [-0.05, 0) is 56.1 Å². The van der Waals surface area contributed by atoms with E-state index >= 15 is 0 Å². The molecular weight excluding hydrogens is 334 g/mol. The molecule has 0 spiro atoms. The van der Waals surface area contributed by atoms with Crippen molar-refractivity contribution in [2.75, 3.05) is 48.6 Å². The molecule has 1 N–H and O–H groups in total. The van der Waals surface area contributed by atoms with Crippen LogP contribution in [-0.2, 0) is 10.0 Å². The molecule has 1 aromatic carbocycles. The molecule has 2 aliphatic rings. The van der Waals surface area contributed by atoms with E-state index in [1.807, 2.05) is 24.3 Å². The summed E-state index contributed by atoms with van der Waals surface area (Å²) in [5.41, 5.74) is 1.80. The summed E-state index contributed by atoms with van der Waals surface area (Å²) in [5.74, 6) is 0.967. The van der Waals surface area contributed by atoms with Crippen molar-refractivity contribution >= 4 is 21.4 Å². The third-order valence-corrected chi connectivity index (χ3v) is 6.06. The largest absolute Gasteiger partial charge is 0.370 e. The van der Waals surface area contributed by atoms with E-state index in [1.165, 1.54) is 63.6 Å². The second-order valence-electron chi connectivity index (χ2n) is 7.54. The highest BCUT2D eigenvalue weighted by molar-refractivity contribution is 7.92. The van der Waals surface area contributed by atoms with Gasteiger partial charge in [0.2, 0.25) is 10.0 Å². The van der Waals surface area contributed by atoms with Gasteiger partial charge in [0.25, 0.3) is 0 Å². The van der Waals surface area contributed by atoms with Gasteiger partial charge in [0.15, 0.2) is 0 Å². The molecule has 1 aliphatic heterocycles. The molecule has 2 fully saturated rings. The van der Waals surface area contributed by atoms with Crippen LogP contribution < -0.4 is 9.62 Å². The fourth-order valence-corrected chi connectivity index (χ4v) is 4.64. The summed E-state index contributed by atoms with van der Waals surface area (Å²) >= 11 is 0. The molecule has 1 saturated carbocycles. The highest BCUT2D eigenvalue weighted by atomic mass is 32.2. The summed E-state index contributed by atoms with van der Waals surface area (Å²) in [4.78, 5) is 5.04. The zero-order valence-electron chi connectivity index (χ0n) is 15.3. The quantitative estimate of drug-likeness (QED) is 0.841. The fourth-order valence-electron chi connectivity index (χ4n) is 4.07. The molecule has 0 unspecified atom stereocenters. The van der Waals surface area contributed by atoms with Crippen LogP contribution in [0.2, 0.25) is 0 Å². The summed E-state index contributed by atoms with van der Waals surface area (Å²) in [6.45, 7) is 5.67. The summed E-state index contributed by atoms with van der Waals surface area (Å²) in [7, 11) is -3.21. The van der Waals surface area contributed by atoms with Gasteiger partial charge in [-0.3, -0.25) is 4.72 Å². The van der Waals surface area contributed by atoms with Crippen LogP contribution in [0.3, 0.4) is 0 Å². The number of hydrogen-bond donors (Lipinski definition) is 1. The molecule has 3 rings (SSSR count). The van der Waals surface area contributed by atoms with Gasteiger partial charge in [-0.15, -0.1) is 0 Å². The van der Waals surface area contributed by atoms with Gasteiger partial charge in [0.05, 0.1) is 6.26 Å². The van der Waals surface area contributed by atoms with Crippen LogP contribution >= 0.6 is 0 Å². The topological polar surface area (TPSA) is 52.7 Å². The Labute approximate surface area is 152 Å². The average Bonchev–Trinajstić information content (AvgIpc) is 2.97. The predicted molar refractivity (Wildman–Crippen MR) is 105 cm³/mol. The van der Waals surface area contributed by atoms with Crippen molar-refractivity contribution in [2.24, 2.45) is 5.92 Å². The summed E-state index contributed by atoms with van der Waals surface area (Å²) in [5, 5.41) is 0. The molecule has 25 heavy (non-hydrogen) atoms. The van der Waals surface area contributed by atoms with Crippen LogP contribution in [0.5, 0.6) is 0 Å². The Bertz CT molecular complexity index is 639. The number of benzene rings is 1. The molecule has 1 saturated heterocycles. The lowest BCUT2D eigenvalue weighted by Gasteiger charge is -2.24. The number of nitrogens with one attached hydrogen (secondary N) is 1. The van der Waals surface area contributed by atoms with Crippen molar-refractivity contribution in [3.63, 3.8) is 0 Å². The van der Waals surface area contributed by atoms with Crippen molar-refractivity contribution < 1.29 is 8.42 Å². The molecule has 0 amide bonds. The maximum atomic E-state index is 11.3. The number of nitrogens with zero attached hydrogens (tertiary/aromatic N) is 2. The molecular formula is C19H31N3O2S. The first-order valence-corrected chi connectivity index (χ1v) is 11.4. The average molecular weight is 366 g/mol. The van der Waals surface area contributed by atoms with E-state index < -0.39 is 10.0 Å². The SMILES string of the molecule is CS(=O)(=O)Nc1ccc(N2CCCN(CCC3CCCC3)CC2)cc1. The van der Waals surface area contributed by atoms with Gasteiger partial charge in [-0.25, -0.2) is 8.42 Å². The fraction of sp³-hybridized carbons (Fsp3) is 0.684. The lowest BCUT2D eigenvalue weighted by molar-refractivity contribution is 0.267. The molecule has 1 aliphatic carbocycles. The summed E-state index contributed by atoms with van der Waals surface area (Å²) < 4.78 is 25.1. The minimum absolute atomic E-state index is 0.624. The van der Waals surface area contributed by atoms with Gasteiger partial charge in [-0.2, -0.15) is 0 Å². The number of anilines is 2. The molecule has 140 valence electrons. The third kappa shape index (κ3) is 5.89. The summed E-state index contributed by atoms with van der Waals surface area (Å²) in [6, 6.07) is 7.72. The Kier molecular flexibility index (Phi) is 6.23. The first-order chi connectivity index (χ1) is 12.0. The van der Waals surface area contributed by atoms with E-state index in [0.29, 0.717) is 5.69 Å². The van der Waals surface area contributed by atoms with E-state index in [-0.39, 0.29) is 0 Å². The van der Waals surface area contributed by atoms with Crippen molar-refractivity contribution in [3.05, 3.63) is 24.3 Å². The lowest BCUT2D eigenvalue weighted by Crippen LogP contribution is -2.31. The van der Waals surface area contributed by atoms with Crippen molar-refractivity contribution in [1.29, 1.82) is 0 Å². The smallest absolute Gasteiger partial charge is 0.229 e. The van der Waals surface area contributed by atoms with E-state index in [4.69, 9.17) is 0 Å². The van der Waals surface area contributed by atoms with E-state index in [2.05, 4.69) is 14.5 Å². The standard InChI is InChI=1S/C19H31N3O2S/c1-25(23,24)20-18-7-9-19(10-8-18)22-13-4-12-21(15-16-22)14-11-17-5-2-3-6-17/h7-10,17,20H,2-6,11-16H2,1H3. The zero-order chi connectivity index (χ0) is 17.7. The lowest BCUT2D eigenvalue weighted by atomic mass is 10.0. The van der Waals surface area contributed by atoms with Crippen LogP contribution in [0.4, 0.5) is 11.4 Å². The van der Waals surface area contributed by atoms with Crippen molar-refractivity contribution in [2.45, 2.75) is 38.5 Å². The first kappa shape index (κ1) is 18.5. The maximum absolute atomic E-state index is 11.3. The molecule has 6 heteroatoms. The molecule has 1 heterocycles. The number of rotatable bonds is 6. The molecule has 0 atom stereocenters. The van der Waals surface area contributed by atoms with Crippen LogP contribution in [0.15, 0.2) is 24.3 Å². The second kappa shape index (κ2) is 8.41. The molecule has 5 nitrogen and oxygen atoms in total. The van der Waals surface area contributed by atoms with Crippen LogP contribution in [-0.4, -0.2) is 52.3 Å². The first-order valence-electron chi connectivity index (χ1n) is 9.55. The molecule has 1 aromatic rings. The summed E-state index contributed by atoms with van der Waals surface area (Å²) in [6.07, 6.45) is 9.47. The molecule has 0 aromatic heterocycles. The van der Waals surface area contributed by atoms with Gasteiger partial charge in [0, 0.05) is 31.0 Å².